The van der Waals surface area contributed by atoms with Crippen molar-refractivity contribution < 1.29 is 0 Å². The Labute approximate surface area is 124 Å². The fraction of sp³-hybridized carbons (Fsp3) is 0.438. The SMILES string of the molecule is Cc1nnc(C2CN(Cc3ccccc3)CC2C)[nH]c1=O. The van der Waals surface area contributed by atoms with Gasteiger partial charge in [-0.1, -0.05) is 37.3 Å². The molecule has 2 aromatic rings. The molecule has 2 atom stereocenters. The third-order valence-corrected chi connectivity index (χ3v) is 4.17. The van der Waals surface area contributed by atoms with Crippen LogP contribution in [0.1, 0.15) is 29.9 Å². The summed E-state index contributed by atoms with van der Waals surface area (Å²) in [4.78, 5) is 17.0. The van der Waals surface area contributed by atoms with Gasteiger partial charge in [-0.25, -0.2) is 0 Å². The van der Waals surface area contributed by atoms with Crippen LogP contribution in [-0.4, -0.2) is 33.2 Å². The molecule has 2 unspecified atom stereocenters. The molecule has 1 fully saturated rings. The highest BCUT2D eigenvalue weighted by Crippen LogP contribution is 2.30. The number of H-pyrrole nitrogens is 1. The molecule has 2 heterocycles. The predicted molar refractivity (Wildman–Crippen MR) is 81.0 cm³/mol. The maximum Gasteiger partial charge on any atom is 0.272 e. The Morgan fingerprint density at radius 2 is 2.00 bits per heavy atom. The first-order chi connectivity index (χ1) is 10.1. The second-order valence-corrected chi connectivity index (χ2v) is 5.89. The lowest BCUT2D eigenvalue weighted by molar-refractivity contribution is 0.318. The summed E-state index contributed by atoms with van der Waals surface area (Å²) < 4.78 is 0. The number of benzene rings is 1. The molecule has 110 valence electrons. The van der Waals surface area contributed by atoms with Crippen LogP contribution in [-0.2, 0) is 6.54 Å². The minimum absolute atomic E-state index is 0.131. The van der Waals surface area contributed by atoms with Gasteiger partial charge in [-0.3, -0.25) is 9.69 Å². The summed E-state index contributed by atoms with van der Waals surface area (Å²) in [6.07, 6.45) is 0. The minimum atomic E-state index is -0.131. The Bertz CT molecular complexity index is 667. The molecule has 5 nitrogen and oxygen atoms in total. The molecule has 1 aliphatic rings. The molecule has 1 aliphatic heterocycles. The minimum Gasteiger partial charge on any atom is -0.307 e. The third kappa shape index (κ3) is 3.03. The van der Waals surface area contributed by atoms with E-state index in [0.717, 1.165) is 19.6 Å². The van der Waals surface area contributed by atoms with Crippen LogP contribution in [0.25, 0.3) is 0 Å². The highest BCUT2D eigenvalue weighted by atomic mass is 16.1. The number of nitrogens with one attached hydrogen (secondary N) is 1. The fourth-order valence-electron chi connectivity index (χ4n) is 2.97. The van der Waals surface area contributed by atoms with Crippen molar-refractivity contribution in [3.8, 4) is 0 Å². The number of aromatic nitrogens is 3. The van der Waals surface area contributed by atoms with Crippen LogP contribution in [0, 0.1) is 12.8 Å². The van der Waals surface area contributed by atoms with Crippen molar-refractivity contribution in [1.29, 1.82) is 0 Å². The Morgan fingerprint density at radius 3 is 2.71 bits per heavy atom. The lowest BCUT2D eigenvalue weighted by atomic mass is 9.98. The molecule has 1 N–H and O–H groups in total. The van der Waals surface area contributed by atoms with E-state index in [0.29, 0.717) is 17.4 Å². The Morgan fingerprint density at radius 1 is 1.24 bits per heavy atom. The number of aromatic amines is 1. The van der Waals surface area contributed by atoms with Crippen LogP contribution in [0.3, 0.4) is 0 Å². The lowest BCUT2D eigenvalue weighted by Gasteiger charge is -2.15. The molecule has 1 aromatic carbocycles. The largest absolute Gasteiger partial charge is 0.307 e. The van der Waals surface area contributed by atoms with E-state index in [1.165, 1.54) is 5.56 Å². The second kappa shape index (κ2) is 5.77. The first-order valence-corrected chi connectivity index (χ1v) is 7.33. The van der Waals surface area contributed by atoms with E-state index in [9.17, 15) is 4.79 Å². The molecule has 5 heteroatoms. The normalized spacial score (nSPS) is 22.6. The first kappa shape index (κ1) is 13.9. The molecule has 0 bridgehead atoms. The highest BCUT2D eigenvalue weighted by molar-refractivity contribution is 5.15. The number of hydrogen-bond donors (Lipinski definition) is 1. The van der Waals surface area contributed by atoms with Crippen molar-refractivity contribution in [3.05, 3.63) is 57.8 Å². The maximum atomic E-state index is 11.7. The van der Waals surface area contributed by atoms with Gasteiger partial charge in [0.25, 0.3) is 5.56 Å². The van der Waals surface area contributed by atoms with Crippen molar-refractivity contribution in [2.24, 2.45) is 5.92 Å². The lowest BCUT2D eigenvalue weighted by Crippen LogP contribution is -2.22. The molecular weight excluding hydrogens is 264 g/mol. The molecule has 0 aliphatic carbocycles. The highest BCUT2D eigenvalue weighted by Gasteiger charge is 2.32. The van der Waals surface area contributed by atoms with Crippen LogP contribution >= 0.6 is 0 Å². The van der Waals surface area contributed by atoms with Gasteiger partial charge >= 0.3 is 0 Å². The van der Waals surface area contributed by atoms with E-state index in [4.69, 9.17) is 0 Å². The van der Waals surface area contributed by atoms with E-state index in [2.05, 4.69) is 51.3 Å². The summed E-state index contributed by atoms with van der Waals surface area (Å²) in [5.74, 6) is 1.42. The molecular formula is C16H20N4O. The monoisotopic (exact) mass is 284 g/mol. The van der Waals surface area contributed by atoms with Gasteiger partial charge in [0, 0.05) is 25.6 Å². The molecule has 0 saturated carbocycles. The molecule has 0 amide bonds. The molecule has 1 saturated heterocycles. The van der Waals surface area contributed by atoms with Gasteiger partial charge in [-0.15, -0.1) is 10.2 Å². The van der Waals surface area contributed by atoms with Gasteiger partial charge in [-0.05, 0) is 18.4 Å². The Kier molecular flexibility index (Phi) is 3.84. The summed E-state index contributed by atoms with van der Waals surface area (Å²) >= 11 is 0. The van der Waals surface area contributed by atoms with Crippen molar-refractivity contribution in [3.63, 3.8) is 0 Å². The maximum absolute atomic E-state index is 11.7. The van der Waals surface area contributed by atoms with Gasteiger partial charge in [0.15, 0.2) is 0 Å². The molecule has 1 aromatic heterocycles. The summed E-state index contributed by atoms with van der Waals surface area (Å²) in [6, 6.07) is 10.5. The molecule has 3 rings (SSSR count). The number of nitrogens with zero attached hydrogens (tertiary/aromatic N) is 3. The zero-order chi connectivity index (χ0) is 14.8. The van der Waals surface area contributed by atoms with Gasteiger partial charge in [-0.2, -0.15) is 0 Å². The topological polar surface area (TPSA) is 61.9 Å². The van der Waals surface area contributed by atoms with Crippen molar-refractivity contribution in [2.75, 3.05) is 13.1 Å². The summed E-state index contributed by atoms with van der Waals surface area (Å²) in [7, 11) is 0. The fourth-order valence-corrected chi connectivity index (χ4v) is 2.97. The zero-order valence-electron chi connectivity index (χ0n) is 12.4. The number of likely N-dealkylation sites (tertiary alicyclic amines) is 1. The standard InChI is InChI=1S/C16H20N4O/c1-11-8-20(9-13-6-4-3-5-7-13)10-14(11)15-17-16(21)12(2)18-19-15/h3-7,11,14H,8-10H2,1-2H3,(H,17,19,21). The quantitative estimate of drug-likeness (QED) is 0.932. The van der Waals surface area contributed by atoms with Crippen molar-refractivity contribution in [1.82, 2.24) is 20.1 Å². The molecule has 21 heavy (non-hydrogen) atoms. The van der Waals surface area contributed by atoms with Crippen LogP contribution < -0.4 is 5.56 Å². The molecule has 0 spiro atoms. The Balaban J connectivity index is 1.74. The first-order valence-electron chi connectivity index (χ1n) is 7.33. The third-order valence-electron chi connectivity index (χ3n) is 4.17. The van der Waals surface area contributed by atoms with Crippen LogP contribution in [0.4, 0.5) is 0 Å². The van der Waals surface area contributed by atoms with Gasteiger partial charge < -0.3 is 4.98 Å². The number of hydrogen-bond acceptors (Lipinski definition) is 4. The van der Waals surface area contributed by atoms with Crippen molar-refractivity contribution >= 4 is 0 Å². The van der Waals surface area contributed by atoms with E-state index in [1.807, 2.05) is 6.07 Å². The van der Waals surface area contributed by atoms with Crippen LogP contribution in [0.2, 0.25) is 0 Å². The number of rotatable bonds is 3. The van der Waals surface area contributed by atoms with Crippen LogP contribution in [0.5, 0.6) is 0 Å². The average molecular weight is 284 g/mol. The van der Waals surface area contributed by atoms with Crippen molar-refractivity contribution in [2.45, 2.75) is 26.3 Å². The van der Waals surface area contributed by atoms with E-state index < -0.39 is 0 Å². The molecule has 0 radical (unpaired) electrons. The average Bonchev–Trinajstić information content (AvgIpc) is 2.84. The predicted octanol–water partition coefficient (Wildman–Crippen LogP) is 1.71. The van der Waals surface area contributed by atoms with Gasteiger partial charge in [0.1, 0.15) is 11.5 Å². The summed E-state index contributed by atoms with van der Waals surface area (Å²) in [5, 5.41) is 8.14. The van der Waals surface area contributed by atoms with E-state index in [-0.39, 0.29) is 11.5 Å². The zero-order valence-corrected chi connectivity index (χ0v) is 12.4. The smallest absolute Gasteiger partial charge is 0.272 e. The van der Waals surface area contributed by atoms with Gasteiger partial charge in [0.05, 0.1) is 0 Å². The number of aryl methyl sites for hydroxylation is 1. The summed E-state index contributed by atoms with van der Waals surface area (Å²) in [6.45, 7) is 6.73. The van der Waals surface area contributed by atoms with Gasteiger partial charge in [0.2, 0.25) is 0 Å². The van der Waals surface area contributed by atoms with E-state index >= 15 is 0 Å². The summed E-state index contributed by atoms with van der Waals surface area (Å²) in [5.41, 5.74) is 1.60. The van der Waals surface area contributed by atoms with E-state index in [1.54, 1.807) is 6.92 Å². The van der Waals surface area contributed by atoms with Crippen LogP contribution in [0.15, 0.2) is 35.1 Å². The Hall–Kier alpha value is -2.01. The second-order valence-electron chi connectivity index (χ2n) is 5.89.